The molecule has 4 aromatic rings. The summed E-state index contributed by atoms with van der Waals surface area (Å²) in [5.41, 5.74) is 1.73. The third-order valence-electron chi connectivity index (χ3n) is 6.19. The van der Waals surface area contributed by atoms with Crippen LogP contribution in [0.3, 0.4) is 0 Å². The Morgan fingerprint density at radius 1 is 0.973 bits per heavy atom. The van der Waals surface area contributed by atoms with Gasteiger partial charge in [-0.25, -0.2) is 8.42 Å². The third kappa shape index (κ3) is 5.89. The number of hydrogen-bond acceptors (Lipinski definition) is 6. The van der Waals surface area contributed by atoms with Gasteiger partial charge < -0.3 is 14.8 Å². The van der Waals surface area contributed by atoms with E-state index in [2.05, 4.69) is 17.4 Å². The molecule has 0 fully saturated rings. The average Bonchev–Trinajstić information content (AvgIpc) is 3.35. The van der Waals surface area contributed by atoms with E-state index in [1.807, 2.05) is 31.2 Å². The van der Waals surface area contributed by atoms with Crippen molar-refractivity contribution in [2.75, 3.05) is 25.6 Å². The van der Waals surface area contributed by atoms with Gasteiger partial charge in [0.15, 0.2) is 11.5 Å². The van der Waals surface area contributed by atoms with Crippen molar-refractivity contribution in [2.24, 2.45) is 0 Å². The highest BCUT2D eigenvalue weighted by Gasteiger charge is 2.24. The van der Waals surface area contributed by atoms with E-state index in [-0.39, 0.29) is 16.8 Å². The van der Waals surface area contributed by atoms with Gasteiger partial charge >= 0.3 is 0 Å². The number of sulfonamides is 1. The quantitative estimate of drug-likeness (QED) is 0.288. The van der Waals surface area contributed by atoms with Crippen molar-refractivity contribution in [3.63, 3.8) is 0 Å². The van der Waals surface area contributed by atoms with Crippen molar-refractivity contribution < 1.29 is 22.7 Å². The van der Waals surface area contributed by atoms with Gasteiger partial charge in [-0.05, 0) is 67.1 Å². The first kappa shape index (κ1) is 26.5. The van der Waals surface area contributed by atoms with E-state index < -0.39 is 10.0 Å². The second-order valence-corrected chi connectivity index (χ2v) is 11.8. The average molecular weight is 539 g/mol. The van der Waals surface area contributed by atoms with Crippen molar-refractivity contribution in [3.8, 4) is 11.5 Å². The second kappa shape index (κ2) is 11.2. The molecular weight excluding hydrogens is 508 g/mol. The van der Waals surface area contributed by atoms with Crippen LogP contribution in [-0.4, -0.2) is 41.6 Å². The number of thiophene rings is 1. The number of rotatable bonds is 10. The molecule has 37 heavy (non-hydrogen) atoms. The van der Waals surface area contributed by atoms with Crippen LogP contribution >= 0.6 is 11.3 Å². The molecule has 4 rings (SSSR count). The smallest absolute Gasteiger partial charge is 0.264 e. The molecule has 9 heteroatoms. The molecule has 1 atom stereocenters. The second-order valence-electron chi connectivity index (χ2n) is 8.72. The van der Waals surface area contributed by atoms with Crippen LogP contribution in [0.2, 0.25) is 0 Å². The number of carbonyl (C=O) groups is 1. The van der Waals surface area contributed by atoms with Crippen LogP contribution in [0.1, 0.15) is 28.6 Å². The molecule has 1 aromatic heterocycles. The fourth-order valence-electron chi connectivity index (χ4n) is 4.01. The summed E-state index contributed by atoms with van der Waals surface area (Å²) < 4.78 is 39.2. The molecule has 1 heterocycles. The molecule has 0 saturated carbocycles. The maximum Gasteiger partial charge on any atom is 0.264 e. The van der Waals surface area contributed by atoms with Gasteiger partial charge in [-0.3, -0.25) is 9.10 Å². The molecule has 0 aliphatic heterocycles. The topological polar surface area (TPSA) is 84.9 Å². The first-order valence-corrected chi connectivity index (χ1v) is 14.1. The molecule has 0 spiro atoms. The summed E-state index contributed by atoms with van der Waals surface area (Å²) in [5.74, 6) is 0.650. The summed E-state index contributed by atoms with van der Waals surface area (Å²) in [7, 11) is 0.603. The highest BCUT2D eigenvalue weighted by atomic mass is 32.2. The van der Waals surface area contributed by atoms with Crippen LogP contribution in [-0.2, 0) is 16.4 Å². The lowest BCUT2D eigenvalue weighted by molar-refractivity contribution is 0.0942. The summed E-state index contributed by atoms with van der Waals surface area (Å²) in [4.78, 5) is 13.6. The molecule has 0 unspecified atom stereocenters. The Hall–Kier alpha value is -3.56. The van der Waals surface area contributed by atoms with Gasteiger partial charge in [0.25, 0.3) is 15.9 Å². The Balaban J connectivity index is 1.49. The Kier molecular flexibility index (Phi) is 8.04. The van der Waals surface area contributed by atoms with Gasteiger partial charge in [0.1, 0.15) is 0 Å². The number of anilines is 1. The number of amides is 1. The lowest BCUT2D eigenvalue weighted by atomic mass is 10.1. The maximum atomic E-state index is 13.3. The predicted molar refractivity (Wildman–Crippen MR) is 149 cm³/mol. The highest BCUT2D eigenvalue weighted by molar-refractivity contribution is 7.92. The zero-order valence-electron chi connectivity index (χ0n) is 21.2. The molecule has 1 amide bonds. The molecule has 0 saturated heterocycles. The molecular formula is C28H30N2O5S2. The predicted octanol–water partition coefficient (Wildman–Crippen LogP) is 5.49. The molecule has 194 valence electrons. The lowest BCUT2D eigenvalue weighted by Crippen LogP contribution is -2.32. The number of nitrogens with zero attached hydrogens (tertiary/aromatic N) is 1. The van der Waals surface area contributed by atoms with Gasteiger partial charge in [0.2, 0.25) is 0 Å². The van der Waals surface area contributed by atoms with Gasteiger partial charge in [-0.1, -0.05) is 30.3 Å². The Bertz CT molecular complexity index is 1500. The first-order valence-electron chi connectivity index (χ1n) is 11.8. The Morgan fingerprint density at radius 3 is 2.41 bits per heavy atom. The SMILES string of the molecule is COc1ccc(S(=O)(=O)N(C)c2ccc3sc(C(=O)N[C@H](C)CCc4ccccc4)cc3c2)cc1OC. The van der Waals surface area contributed by atoms with E-state index in [4.69, 9.17) is 9.47 Å². The van der Waals surface area contributed by atoms with Gasteiger partial charge in [0, 0.05) is 23.9 Å². The van der Waals surface area contributed by atoms with Crippen LogP contribution in [0.15, 0.2) is 77.7 Å². The largest absolute Gasteiger partial charge is 0.493 e. The third-order valence-corrected chi connectivity index (χ3v) is 9.08. The standard InChI is InChI=1S/C28H30N2O5S2/c1-19(10-11-20-8-6-5-7-9-20)29-28(31)27-17-21-16-22(12-15-26(21)36-27)30(2)37(32,33)23-13-14-24(34-3)25(18-23)35-4/h5-9,12-19H,10-11H2,1-4H3,(H,29,31)/t19-/m1/s1. The van der Waals surface area contributed by atoms with Crippen LogP contribution in [0, 0.1) is 0 Å². The van der Waals surface area contributed by atoms with Crippen LogP contribution in [0.4, 0.5) is 5.69 Å². The minimum absolute atomic E-state index is 0.0197. The van der Waals surface area contributed by atoms with Gasteiger partial charge in [-0.15, -0.1) is 11.3 Å². The summed E-state index contributed by atoms with van der Waals surface area (Å²) in [6, 6.07) is 21.9. The number of ether oxygens (including phenoxy) is 2. The zero-order valence-corrected chi connectivity index (χ0v) is 22.9. The van der Waals surface area contributed by atoms with Gasteiger partial charge in [0.05, 0.1) is 29.7 Å². The molecule has 1 N–H and O–H groups in total. The van der Waals surface area contributed by atoms with Crippen molar-refractivity contribution in [1.29, 1.82) is 0 Å². The highest BCUT2D eigenvalue weighted by Crippen LogP contribution is 2.34. The molecule has 7 nitrogen and oxygen atoms in total. The van der Waals surface area contributed by atoms with E-state index >= 15 is 0 Å². The summed E-state index contributed by atoms with van der Waals surface area (Å²) in [6.07, 6.45) is 1.72. The summed E-state index contributed by atoms with van der Waals surface area (Å²) in [5, 5.41) is 3.88. The van der Waals surface area contributed by atoms with E-state index in [1.165, 1.54) is 54.6 Å². The van der Waals surface area contributed by atoms with Crippen molar-refractivity contribution >= 4 is 43.0 Å². The number of methoxy groups -OCH3 is 2. The summed E-state index contributed by atoms with van der Waals surface area (Å²) in [6.45, 7) is 2.00. The number of aryl methyl sites for hydroxylation is 1. The summed E-state index contributed by atoms with van der Waals surface area (Å²) >= 11 is 1.38. The van der Waals surface area contributed by atoms with E-state index in [9.17, 15) is 13.2 Å². The Labute approximate surface area is 221 Å². The van der Waals surface area contributed by atoms with Crippen molar-refractivity contribution in [1.82, 2.24) is 5.32 Å². The molecule has 0 bridgehead atoms. The minimum atomic E-state index is -3.85. The van der Waals surface area contributed by atoms with Crippen LogP contribution in [0.5, 0.6) is 11.5 Å². The van der Waals surface area contributed by atoms with Crippen LogP contribution in [0.25, 0.3) is 10.1 Å². The monoisotopic (exact) mass is 538 g/mol. The number of carbonyl (C=O) groups excluding carboxylic acids is 1. The van der Waals surface area contributed by atoms with E-state index in [1.54, 1.807) is 24.3 Å². The minimum Gasteiger partial charge on any atom is -0.493 e. The number of hydrogen-bond donors (Lipinski definition) is 1. The lowest BCUT2D eigenvalue weighted by Gasteiger charge is -2.20. The molecule has 3 aromatic carbocycles. The number of fused-ring (bicyclic) bond motifs is 1. The zero-order chi connectivity index (χ0) is 26.6. The van der Waals surface area contributed by atoms with Crippen molar-refractivity contribution in [2.45, 2.75) is 30.7 Å². The van der Waals surface area contributed by atoms with E-state index in [0.29, 0.717) is 22.1 Å². The molecule has 0 aliphatic rings. The van der Waals surface area contributed by atoms with Crippen molar-refractivity contribution in [3.05, 3.63) is 83.2 Å². The fraction of sp³-hybridized carbons (Fsp3) is 0.250. The number of nitrogens with one attached hydrogen (secondary N) is 1. The van der Waals surface area contributed by atoms with Crippen LogP contribution < -0.4 is 19.1 Å². The molecule has 0 radical (unpaired) electrons. The van der Waals surface area contributed by atoms with E-state index in [0.717, 1.165) is 22.9 Å². The number of benzene rings is 3. The van der Waals surface area contributed by atoms with Gasteiger partial charge in [-0.2, -0.15) is 0 Å². The normalized spacial score (nSPS) is 12.2. The fourth-order valence-corrected chi connectivity index (χ4v) is 6.16. The Morgan fingerprint density at radius 2 is 1.70 bits per heavy atom. The first-order chi connectivity index (χ1) is 17.7. The molecule has 0 aliphatic carbocycles. The maximum absolute atomic E-state index is 13.3.